The maximum Gasteiger partial charge on any atom is 0.416 e. The van der Waals surface area contributed by atoms with Gasteiger partial charge >= 0.3 is 6.18 Å². The summed E-state index contributed by atoms with van der Waals surface area (Å²) in [5.41, 5.74) is -1.47. The van der Waals surface area contributed by atoms with Gasteiger partial charge in [0.15, 0.2) is 0 Å². The summed E-state index contributed by atoms with van der Waals surface area (Å²) in [6, 6.07) is 12.5. The molecule has 0 radical (unpaired) electrons. The molecular weight excluding hydrogens is 502 g/mol. The van der Waals surface area contributed by atoms with Crippen molar-refractivity contribution in [2.45, 2.75) is 38.4 Å². The van der Waals surface area contributed by atoms with Crippen LogP contribution in [0.2, 0.25) is 0 Å². The summed E-state index contributed by atoms with van der Waals surface area (Å²) >= 11 is 0. The fraction of sp³-hybridized carbons (Fsp3) is 0.241. The monoisotopic (exact) mass is 527 g/mol. The number of methoxy groups -OCH3 is 1. The maximum atomic E-state index is 15.1. The van der Waals surface area contributed by atoms with Crippen LogP contribution in [0.25, 0.3) is 5.76 Å². The van der Waals surface area contributed by atoms with E-state index in [1.165, 1.54) is 31.4 Å². The van der Waals surface area contributed by atoms with Crippen molar-refractivity contribution in [1.82, 2.24) is 0 Å². The van der Waals surface area contributed by atoms with Gasteiger partial charge in [-0.25, -0.2) is 4.39 Å². The van der Waals surface area contributed by atoms with Gasteiger partial charge in [0.25, 0.3) is 11.7 Å². The Morgan fingerprint density at radius 2 is 1.61 bits per heavy atom. The Balaban J connectivity index is 2.02. The van der Waals surface area contributed by atoms with Gasteiger partial charge in [-0.1, -0.05) is 51.1 Å². The minimum atomic E-state index is -4.72. The van der Waals surface area contributed by atoms with Crippen molar-refractivity contribution in [3.8, 4) is 5.75 Å². The Labute approximate surface area is 217 Å². The number of ether oxygens (including phenoxy) is 1. The minimum Gasteiger partial charge on any atom is -0.507 e. The molecule has 1 amide bonds. The van der Waals surface area contributed by atoms with E-state index in [1.54, 1.807) is 18.2 Å². The Hall–Kier alpha value is -4.14. The molecule has 1 aliphatic rings. The molecule has 1 N–H and O–H groups in total. The summed E-state index contributed by atoms with van der Waals surface area (Å²) < 4.78 is 60.9. The lowest BCUT2D eigenvalue weighted by Gasteiger charge is -2.26. The molecule has 1 fully saturated rings. The molecule has 1 atom stereocenters. The van der Waals surface area contributed by atoms with Gasteiger partial charge in [-0.05, 0) is 47.4 Å². The summed E-state index contributed by atoms with van der Waals surface area (Å²) in [7, 11) is 1.36. The molecule has 0 aromatic heterocycles. The number of hydrogen-bond acceptors (Lipinski definition) is 4. The average Bonchev–Trinajstić information content (AvgIpc) is 3.12. The summed E-state index contributed by atoms with van der Waals surface area (Å²) in [5.74, 6) is -3.62. The summed E-state index contributed by atoms with van der Waals surface area (Å²) in [6.45, 7) is 5.81. The number of nitrogens with zero attached hydrogens (tertiary/aromatic N) is 1. The number of alkyl halides is 3. The molecule has 9 heteroatoms. The molecule has 1 heterocycles. The number of Topliss-reactive ketones (excluding diaryl/α,β-unsaturated/α-hetero) is 1. The molecule has 1 saturated heterocycles. The molecule has 0 aliphatic carbocycles. The normalized spacial score (nSPS) is 17.7. The molecule has 4 rings (SSSR count). The third kappa shape index (κ3) is 4.76. The molecule has 0 bridgehead atoms. The van der Waals surface area contributed by atoms with Crippen molar-refractivity contribution in [3.05, 3.63) is 100 Å². The highest BCUT2D eigenvalue weighted by molar-refractivity contribution is 6.51. The highest BCUT2D eigenvalue weighted by Crippen LogP contribution is 2.45. The van der Waals surface area contributed by atoms with Crippen molar-refractivity contribution < 1.29 is 37.0 Å². The summed E-state index contributed by atoms with van der Waals surface area (Å²) in [6.07, 6.45) is -4.72. The van der Waals surface area contributed by atoms with Crippen LogP contribution in [-0.4, -0.2) is 23.9 Å². The van der Waals surface area contributed by atoms with E-state index in [0.717, 1.165) is 28.7 Å². The zero-order valence-corrected chi connectivity index (χ0v) is 21.1. The first-order valence-electron chi connectivity index (χ1n) is 11.7. The SMILES string of the molecule is COc1ccc(C(C)(C)C)cc1/C(O)=C1\C(=O)C(=O)N(c2cccc(C(F)(F)F)c2)C1c1ccccc1F. The smallest absolute Gasteiger partial charge is 0.416 e. The molecule has 198 valence electrons. The molecule has 1 unspecified atom stereocenters. The fourth-order valence-corrected chi connectivity index (χ4v) is 4.43. The number of amides is 1. The first kappa shape index (κ1) is 26.9. The van der Waals surface area contributed by atoms with Crippen LogP contribution in [0.4, 0.5) is 23.2 Å². The molecule has 0 spiro atoms. The van der Waals surface area contributed by atoms with Crippen LogP contribution >= 0.6 is 0 Å². The number of aliphatic hydroxyl groups is 1. The second-order valence-corrected chi connectivity index (χ2v) is 9.90. The number of ketones is 1. The van der Waals surface area contributed by atoms with E-state index < -0.39 is 46.6 Å². The van der Waals surface area contributed by atoms with E-state index in [2.05, 4.69) is 0 Å². The van der Waals surface area contributed by atoms with Crippen LogP contribution in [0.3, 0.4) is 0 Å². The third-order valence-electron chi connectivity index (χ3n) is 6.42. The lowest BCUT2D eigenvalue weighted by atomic mass is 9.85. The minimum absolute atomic E-state index is 0.0864. The van der Waals surface area contributed by atoms with Crippen LogP contribution < -0.4 is 9.64 Å². The van der Waals surface area contributed by atoms with Gasteiger partial charge in [0.2, 0.25) is 0 Å². The van der Waals surface area contributed by atoms with Crippen molar-refractivity contribution in [2.24, 2.45) is 0 Å². The lowest BCUT2D eigenvalue weighted by molar-refractivity contribution is -0.137. The van der Waals surface area contributed by atoms with Gasteiger partial charge in [-0.2, -0.15) is 13.2 Å². The molecular formula is C29H25F4NO4. The van der Waals surface area contributed by atoms with Crippen molar-refractivity contribution in [1.29, 1.82) is 0 Å². The van der Waals surface area contributed by atoms with Crippen molar-refractivity contribution in [2.75, 3.05) is 12.0 Å². The first-order valence-corrected chi connectivity index (χ1v) is 11.7. The van der Waals surface area contributed by atoms with Gasteiger partial charge in [-0.3, -0.25) is 14.5 Å². The third-order valence-corrected chi connectivity index (χ3v) is 6.42. The predicted molar refractivity (Wildman–Crippen MR) is 134 cm³/mol. The number of carbonyl (C=O) groups excluding carboxylic acids is 2. The average molecular weight is 528 g/mol. The van der Waals surface area contributed by atoms with Crippen molar-refractivity contribution in [3.63, 3.8) is 0 Å². The second kappa shape index (κ2) is 9.63. The van der Waals surface area contributed by atoms with Crippen LogP contribution in [0.1, 0.15) is 49.1 Å². The van der Waals surface area contributed by atoms with Crippen LogP contribution in [0.15, 0.2) is 72.3 Å². The largest absolute Gasteiger partial charge is 0.507 e. The fourth-order valence-electron chi connectivity index (χ4n) is 4.43. The second-order valence-electron chi connectivity index (χ2n) is 9.90. The van der Waals surface area contributed by atoms with Crippen LogP contribution in [0.5, 0.6) is 5.75 Å². The standard InChI is InChI=1S/C29H25F4NO4/c1-28(2,3)16-12-13-22(38-4)20(15-16)25(35)23-24(19-10-5-6-11-21(19)30)34(27(37)26(23)36)18-9-7-8-17(14-18)29(31,32)33/h5-15,24,35H,1-4H3/b25-23+. The molecule has 1 aliphatic heterocycles. The molecule has 38 heavy (non-hydrogen) atoms. The van der Waals surface area contributed by atoms with Crippen LogP contribution in [-0.2, 0) is 21.2 Å². The van der Waals surface area contributed by atoms with E-state index in [1.807, 2.05) is 20.8 Å². The number of benzene rings is 3. The van der Waals surface area contributed by atoms with Gasteiger partial charge in [0.1, 0.15) is 17.3 Å². The number of carbonyl (C=O) groups is 2. The first-order chi connectivity index (χ1) is 17.8. The van der Waals surface area contributed by atoms with Gasteiger partial charge in [0.05, 0.1) is 29.9 Å². The quantitative estimate of drug-likeness (QED) is 0.176. The number of hydrogen-bond donors (Lipinski definition) is 1. The zero-order chi connectivity index (χ0) is 28.0. The van der Waals surface area contributed by atoms with Gasteiger partial charge in [0, 0.05) is 11.3 Å². The molecule has 5 nitrogen and oxygen atoms in total. The van der Waals surface area contributed by atoms with E-state index in [-0.39, 0.29) is 28.0 Å². The highest BCUT2D eigenvalue weighted by Gasteiger charge is 2.48. The molecule has 3 aromatic rings. The van der Waals surface area contributed by atoms with Gasteiger partial charge < -0.3 is 9.84 Å². The van der Waals surface area contributed by atoms with Gasteiger partial charge in [-0.15, -0.1) is 0 Å². The highest BCUT2D eigenvalue weighted by atomic mass is 19.4. The topological polar surface area (TPSA) is 66.8 Å². The lowest BCUT2D eigenvalue weighted by Crippen LogP contribution is -2.30. The summed E-state index contributed by atoms with van der Waals surface area (Å²) in [5, 5.41) is 11.5. The number of aliphatic hydroxyl groups excluding tert-OH is 1. The predicted octanol–water partition coefficient (Wildman–Crippen LogP) is 6.78. The molecule has 3 aromatic carbocycles. The van der Waals surface area contributed by atoms with E-state index >= 15 is 4.39 Å². The Morgan fingerprint density at radius 3 is 2.21 bits per heavy atom. The van der Waals surface area contributed by atoms with E-state index in [9.17, 15) is 27.9 Å². The Morgan fingerprint density at radius 1 is 0.921 bits per heavy atom. The summed E-state index contributed by atoms with van der Waals surface area (Å²) in [4.78, 5) is 27.4. The number of anilines is 1. The Bertz CT molecular complexity index is 1450. The number of halogens is 4. The molecule has 0 saturated carbocycles. The number of rotatable bonds is 4. The van der Waals surface area contributed by atoms with E-state index in [4.69, 9.17) is 4.74 Å². The van der Waals surface area contributed by atoms with Crippen molar-refractivity contribution >= 4 is 23.1 Å². The van der Waals surface area contributed by atoms with Crippen LogP contribution in [0, 0.1) is 5.82 Å². The Kier molecular flexibility index (Phi) is 6.82. The van der Waals surface area contributed by atoms with E-state index in [0.29, 0.717) is 6.07 Å². The zero-order valence-electron chi connectivity index (χ0n) is 21.1. The maximum absolute atomic E-state index is 15.1.